The Hall–Kier alpha value is -2.35. The lowest BCUT2D eigenvalue weighted by molar-refractivity contribution is -0.168. The minimum Gasteiger partial charge on any atom is -0.500 e. The lowest BCUT2D eigenvalue weighted by atomic mass is 10.0. The molecule has 0 aliphatic carbocycles. The van der Waals surface area contributed by atoms with E-state index >= 15 is 0 Å². The number of carbonyl (C=O) groups excluding carboxylic acids is 3. The van der Waals surface area contributed by atoms with Crippen LogP contribution in [0.4, 0.5) is 0 Å². The number of hydrogen-bond donors (Lipinski definition) is 1. The quantitative estimate of drug-likeness (QED) is 0.316. The Kier molecular flexibility index (Phi) is 10.2. The van der Waals surface area contributed by atoms with Gasteiger partial charge in [0.1, 0.15) is 29.0 Å². The van der Waals surface area contributed by atoms with E-state index in [4.69, 9.17) is 14.2 Å². The second-order valence-corrected chi connectivity index (χ2v) is 10.5. The molecular formula is C25H42N2O6. The van der Waals surface area contributed by atoms with Crippen molar-refractivity contribution in [1.29, 1.82) is 0 Å². The Morgan fingerprint density at radius 2 is 1.70 bits per heavy atom. The molecule has 0 radical (unpaired) electrons. The molecule has 4 atom stereocenters. The maximum Gasteiger partial charge on any atom is 0.323 e. The second-order valence-electron chi connectivity index (χ2n) is 10.5. The lowest BCUT2D eigenvalue weighted by Crippen LogP contribution is -2.53. The zero-order chi connectivity index (χ0) is 25.6. The van der Waals surface area contributed by atoms with Crippen LogP contribution in [0.2, 0.25) is 0 Å². The monoisotopic (exact) mass is 466 g/mol. The second kappa shape index (κ2) is 11.7. The van der Waals surface area contributed by atoms with Gasteiger partial charge in [-0.05, 0) is 60.8 Å². The molecule has 0 aromatic rings. The van der Waals surface area contributed by atoms with E-state index in [0.29, 0.717) is 18.7 Å². The molecule has 8 heteroatoms. The van der Waals surface area contributed by atoms with Gasteiger partial charge in [-0.25, -0.2) is 0 Å². The van der Waals surface area contributed by atoms with E-state index in [1.54, 1.807) is 20.8 Å². The van der Waals surface area contributed by atoms with Gasteiger partial charge >= 0.3 is 11.9 Å². The fourth-order valence-corrected chi connectivity index (χ4v) is 3.87. The van der Waals surface area contributed by atoms with Gasteiger partial charge in [0.15, 0.2) is 0 Å². The minimum atomic E-state index is -0.819. The van der Waals surface area contributed by atoms with Crippen LogP contribution >= 0.6 is 0 Å². The van der Waals surface area contributed by atoms with E-state index in [-0.39, 0.29) is 24.2 Å². The highest BCUT2D eigenvalue weighted by atomic mass is 16.6. The van der Waals surface area contributed by atoms with Crippen molar-refractivity contribution in [3.63, 3.8) is 0 Å². The first-order valence-electron chi connectivity index (χ1n) is 11.4. The van der Waals surface area contributed by atoms with Crippen LogP contribution in [0.15, 0.2) is 24.5 Å². The standard InChI is InChI=1S/C25H42N2O6/c1-11-12-18-13-20(22(29)32-24(4,5)6)27(15-18)21(23(30)33-25(7,8)9)14-19(16(2)31-10)26-17(3)28/h11-12,18-21H,2,13-15H2,1,3-10H3,(H,26,28)/t18?,19?,20?,21-/m1/s1. The van der Waals surface area contributed by atoms with Crippen LogP contribution in [0, 0.1) is 5.92 Å². The topological polar surface area (TPSA) is 94.2 Å². The summed E-state index contributed by atoms with van der Waals surface area (Å²) >= 11 is 0. The number of ether oxygens (including phenoxy) is 3. The van der Waals surface area contributed by atoms with Crippen molar-refractivity contribution in [3.05, 3.63) is 24.5 Å². The van der Waals surface area contributed by atoms with Crippen molar-refractivity contribution >= 4 is 17.8 Å². The van der Waals surface area contributed by atoms with Gasteiger partial charge in [0, 0.05) is 19.9 Å². The number of methoxy groups -OCH3 is 1. The van der Waals surface area contributed by atoms with Crippen molar-refractivity contribution in [2.24, 2.45) is 5.92 Å². The molecule has 1 heterocycles. The van der Waals surface area contributed by atoms with Crippen LogP contribution in [0.1, 0.15) is 68.2 Å². The van der Waals surface area contributed by atoms with Crippen LogP contribution in [0.5, 0.6) is 0 Å². The molecule has 1 rings (SSSR count). The van der Waals surface area contributed by atoms with Gasteiger partial charge in [-0.1, -0.05) is 18.7 Å². The Morgan fingerprint density at radius 3 is 2.15 bits per heavy atom. The summed E-state index contributed by atoms with van der Waals surface area (Å²) in [7, 11) is 1.46. The number of rotatable bonds is 9. The Labute approximate surface area is 198 Å². The summed E-state index contributed by atoms with van der Waals surface area (Å²) in [5.41, 5.74) is -1.38. The SMILES string of the molecule is C=C(OC)C(C[C@H](C(=O)OC(C)(C)C)N1CC(C=CC)CC1C(=O)OC(C)(C)C)NC(C)=O. The number of nitrogens with zero attached hydrogens (tertiary/aromatic N) is 1. The van der Waals surface area contributed by atoms with Gasteiger partial charge in [0.25, 0.3) is 0 Å². The average Bonchev–Trinajstić information content (AvgIpc) is 3.05. The molecule has 1 fully saturated rings. The van der Waals surface area contributed by atoms with E-state index in [0.717, 1.165) is 0 Å². The molecule has 8 nitrogen and oxygen atoms in total. The molecule has 0 spiro atoms. The number of amides is 1. The molecule has 1 N–H and O–H groups in total. The molecular weight excluding hydrogens is 424 g/mol. The number of esters is 2. The third kappa shape index (κ3) is 9.58. The van der Waals surface area contributed by atoms with Crippen molar-refractivity contribution in [1.82, 2.24) is 10.2 Å². The molecule has 1 aliphatic rings. The Bertz CT molecular complexity index is 747. The van der Waals surface area contributed by atoms with E-state index in [9.17, 15) is 14.4 Å². The lowest BCUT2D eigenvalue weighted by Gasteiger charge is -2.35. The summed E-state index contributed by atoms with van der Waals surface area (Å²) in [4.78, 5) is 40.2. The molecule has 188 valence electrons. The summed E-state index contributed by atoms with van der Waals surface area (Å²) in [6, 6.07) is -2.08. The number of nitrogens with one attached hydrogen (secondary N) is 1. The number of allylic oxidation sites excluding steroid dienone is 1. The van der Waals surface area contributed by atoms with Crippen molar-refractivity contribution in [2.45, 2.75) is 97.6 Å². The predicted octanol–water partition coefficient (Wildman–Crippen LogP) is 3.36. The molecule has 1 saturated heterocycles. The van der Waals surface area contributed by atoms with Crippen LogP contribution in [0.25, 0.3) is 0 Å². The van der Waals surface area contributed by atoms with Gasteiger partial charge in [0.2, 0.25) is 5.91 Å². The highest BCUT2D eigenvalue weighted by molar-refractivity contribution is 5.81. The number of likely N-dealkylation sites (tertiary alicyclic amines) is 1. The van der Waals surface area contributed by atoms with Crippen LogP contribution in [-0.4, -0.2) is 65.7 Å². The van der Waals surface area contributed by atoms with E-state index in [1.165, 1.54) is 14.0 Å². The van der Waals surface area contributed by atoms with Crippen molar-refractivity contribution in [3.8, 4) is 0 Å². The third-order valence-electron chi connectivity index (χ3n) is 5.08. The summed E-state index contributed by atoms with van der Waals surface area (Å²) in [6.07, 6.45) is 4.64. The van der Waals surface area contributed by atoms with E-state index in [2.05, 4.69) is 11.9 Å². The Morgan fingerprint density at radius 1 is 1.12 bits per heavy atom. The van der Waals surface area contributed by atoms with Crippen molar-refractivity contribution < 1.29 is 28.6 Å². The molecule has 0 saturated carbocycles. The third-order valence-corrected chi connectivity index (χ3v) is 5.08. The molecule has 33 heavy (non-hydrogen) atoms. The molecule has 0 aromatic heterocycles. The maximum absolute atomic E-state index is 13.4. The minimum absolute atomic E-state index is 0.0716. The summed E-state index contributed by atoms with van der Waals surface area (Å²) < 4.78 is 16.7. The largest absolute Gasteiger partial charge is 0.500 e. The first kappa shape index (κ1) is 28.7. The summed E-state index contributed by atoms with van der Waals surface area (Å²) in [5, 5.41) is 2.79. The van der Waals surface area contributed by atoms with Crippen LogP contribution in [-0.2, 0) is 28.6 Å². The Balaban J connectivity index is 3.40. The highest BCUT2D eigenvalue weighted by Gasteiger charge is 2.46. The van der Waals surface area contributed by atoms with Gasteiger partial charge in [-0.2, -0.15) is 0 Å². The fraction of sp³-hybridized carbons (Fsp3) is 0.720. The van der Waals surface area contributed by atoms with Gasteiger partial charge in [0.05, 0.1) is 13.2 Å². The van der Waals surface area contributed by atoms with Gasteiger partial charge < -0.3 is 19.5 Å². The van der Waals surface area contributed by atoms with Crippen LogP contribution in [0.3, 0.4) is 0 Å². The molecule has 1 amide bonds. The van der Waals surface area contributed by atoms with E-state index in [1.807, 2.05) is 44.7 Å². The van der Waals surface area contributed by atoms with Crippen molar-refractivity contribution in [2.75, 3.05) is 13.7 Å². The van der Waals surface area contributed by atoms with Gasteiger partial charge in [-0.15, -0.1) is 0 Å². The first-order chi connectivity index (χ1) is 15.1. The fourth-order valence-electron chi connectivity index (χ4n) is 3.87. The normalized spacial score (nSPS) is 21.4. The first-order valence-corrected chi connectivity index (χ1v) is 11.4. The van der Waals surface area contributed by atoms with E-state index < -0.39 is 35.3 Å². The smallest absolute Gasteiger partial charge is 0.323 e. The maximum atomic E-state index is 13.4. The molecule has 1 aliphatic heterocycles. The average molecular weight is 467 g/mol. The molecule has 3 unspecified atom stereocenters. The highest BCUT2D eigenvalue weighted by Crippen LogP contribution is 2.31. The zero-order valence-corrected chi connectivity index (χ0v) is 21.7. The number of carbonyl (C=O) groups is 3. The summed E-state index contributed by atoms with van der Waals surface area (Å²) in [5.74, 6) is -0.752. The predicted molar refractivity (Wildman–Crippen MR) is 127 cm³/mol. The number of hydrogen-bond acceptors (Lipinski definition) is 7. The molecule has 0 bridgehead atoms. The summed E-state index contributed by atoms with van der Waals surface area (Å²) in [6.45, 7) is 18.5. The van der Waals surface area contributed by atoms with Crippen LogP contribution < -0.4 is 5.32 Å². The zero-order valence-electron chi connectivity index (χ0n) is 21.7. The molecule has 0 aromatic carbocycles. The van der Waals surface area contributed by atoms with Gasteiger partial charge in [-0.3, -0.25) is 19.3 Å².